The van der Waals surface area contributed by atoms with E-state index in [2.05, 4.69) is 16.7 Å². The van der Waals surface area contributed by atoms with Crippen LogP contribution in [0.1, 0.15) is 18.5 Å². The number of anilines is 1. The maximum Gasteiger partial charge on any atom is 0.150 e. The molecule has 23 heavy (non-hydrogen) atoms. The zero-order valence-corrected chi connectivity index (χ0v) is 13.7. The molecule has 0 bridgehead atoms. The molecular formula is C18H24N4O. The van der Waals surface area contributed by atoms with Crippen molar-refractivity contribution < 1.29 is 4.74 Å². The summed E-state index contributed by atoms with van der Waals surface area (Å²) in [6, 6.07) is 8.10. The Kier molecular flexibility index (Phi) is 4.14. The summed E-state index contributed by atoms with van der Waals surface area (Å²) in [6.45, 7) is 8.27. The Hall–Kier alpha value is -1.72. The van der Waals surface area contributed by atoms with Crippen LogP contribution < -0.4 is 4.90 Å². The molecular weight excluding hydrogens is 288 g/mol. The van der Waals surface area contributed by atoms with Crippen LogP contribution >= 0.6 is 0 Å². The SMILES string of the molecule is Cc1nc2ccccc2nc1N1CCN(CC2CCCO2)CC1. The van der Waals surface area contributed by atoms with Crippen molar-refractivity contribution in [2.24, 2.45) is 0 Å². The average Bonchev–Trinajstić information content (AvgIpc) is 3.08. The zero-order valence-electron chi connectivity index (χ0n) is 13.7. The van der Waals surface area contributed by atoms with Crippen LogP contribution in [0.4, 0.5) is 5.82 Å². The fraction of sp³-hybridized carbons (Fsp3) is 0.556. The van der Waals surface area contributed by atoms with Crippen molar-refractivity contribution >= 4 is 16.9 Å². The van der Waals surface area contributed by atoms with Crippen molar-refractivity contribution in [2.75, 3.05) is 44.2 Å². The largest absolute Gasteiger partial charge is 0.377 e. The van der Waals surface area contributed by atoms with Crippen LogP contribution in [0, 0.1) is 6.92 Å². The fourth-order valence-electron chi connectivity index (χ4n) is 3.60. The highest BCUT2D eigenvalue weighted by atomic mass is 16.5. The fourth-order valence-corrected chi connectivity index (χ4v) is 3.60. The molecule has 2 aromatic rings. The quantitative estimate of drug-likeness (QED) is 0.869. The van der Waals surface area contributed by atoms with Crippen LogP contribution in [0.2, 0.25) is 0 Å². The highest BCUT2D eigenvalue weighted by molar-refractivity contribution is 5.76. The van der Waals surface area contributed by atoms with Gasteiger partial charge in [0.1, 0.15) is 0 Å². The summed E-state index contributed by atoms with van der Waals surface area (Å²) in [6.07, 6.45) is 2.88. The molecule has 0 aliphatic carbocycles. The number of rotatable bonds is 3. The standard InChI is InChI=1S/C18H24N4O/c1-14-18(20-17-7-3-2-6-16(17)19-14)22-10-8-21(9-11-22)13-15-5-4-12-23-15/h2-3,6-7,15H,4-5,8-13H2,1H3. The van der Waals surface area contributed by atoms with E-state index in [1.807, 2.05) is 24.3 Å². The third kappa shape index (κ3) is 3.16. The van der Waals surface area contributed by atoms with Gasteiger partial charge in [0.15, 0.2) is 5.82 Å². The Labute approximate surface area is 137 Å². The lowest BCUT2D eigenvalue weighted by Gasteiger charge is -2.36. The van der Waals surface area contributed by atoms with Crippen LogP contribution in [-0.4, -0.2) is 60.3 Å². The number of hydrogen-bond acceptors (Lipinski definition) is 5. The molecule has 2 fully saturated rings. The van der Waals surface area contributed by atoms with Gasteiger partial charge in [0, 0.05) is 39.3 Å². The molecule has 2 aliphatic rings. The second-order valence-corrected chi connectivity index (χ2v) is 6.54. The maximum absolute atomic E-state index is 5.76. The number of fused-ring (bicyclic) bond motifs is 1. The van der Waals surface area contributed by atoms with Crippen molar-refractivity contribution in [3.05, 3.63) is 30.0 Å². The molecule has 1 aromatic heterocycles. The minimum Gasteiger partial charge on any atom is -0.377 e. The van der Waals surface area contributed by atoms with Gasteiger partial charge >= 0.3 is 0 Å². The second-order valence-electron chi connectivity index (χ2n) is 6.54. The molecule has 0 saturated carbocycles. The van der Waals surface area contributed by atoms with Gasteiger partial charge in [-0.2, -0.15) is 0 Å². The van der Waals surface area contributed by atoms with E-state index in [4.69, 9.17) is 14.7 Å². The third-order valence-electron chi connectivity index (χ3n) is 4.88. The van der Waals surface area contributed by atoms with E-state index < -0.39 is 0 Å². The van der Waals surface area contributed by atoms with Gasteiger partial charge in [-0.25, -0.2) is 9.97 Å². The van der Waals surface area contributed by atoms with Crippen LogP contribution in [0.25, 0.3) is 11.0 Å². The summed E-state index contributed by atoms with van der Waals surface area (Å²) in [5.41, 5.74) is 2.98. The Morgan fingerprint density at radius 1 is 1.09 bits per heavy atom. The molecule has 2 aliphatic heterocycles. The second kappa shape index (κ2) is 6.42. The lowest BCUT2D eigenvalue weighted by molar-refractivity contribution is 0.0712. The number of nitrogens with zero attached hydrogens (tertiary/aromatic N) is 4. The first-order valence-electron chi connectivity index (χ1n) is 8.62. The molecule has 0 N–H and O–H groups in total. The van der Waals surface area contributed by atoms with Gasteiger partial charge < -0.3 is 9.64 Å². The van der Waals surface area contributed by atoms with E-state index in [1.54, 1.807) is 0 Å². The molecule has 2 saturated heterocycles. The van der Waals surface area contributed by atoms with Crippen LogP contribution in [-0.2, 0) is 4.74 Å². The van der Waals surface area contributed by atoms with Gasteiger partial charge in [-0.05, 0) is 31.9 Å². The van der Waals surface area contributed by atoms with E-state index >= 15 is 0 Å². The summed E-state index contributed by atoms with van der Waals surface area (Å²) < 4.78 is 5.76. The number of aryl methyl sites for hydroxylation is 1. The molecule has 0 amide bonds. The van der Waals surface area contributed by atoms with Gasteiger partial charge in [0.2, 0.25) is 0 Å². The Morgan fingerprint density at radius 2 is 1.83 bits per heavy atom. The molecule has 0 spiro atoms. The van der Waals surface area contributed by atoms with E-state index in [9.17, 15) is 0 Å². The first-order chi connectivity index (χ1) is 11.3. The minimum absolute atomic E-state index is 0.448. The van der Waals surface area contributed by atoms with Gasteiger partial charge in [-0.3, -0.25) is 4.90 Å². The topological polar surface area (TPSA) is 41.5 Å². The number of piperazine rings is 1. The normalized spacial score (nSPS) is 22.8. The Morgan fingerprint density at radius 3 is 2.52 bits per heavy atom. The van der Waals surface area contributed by atoms with Gasteiger partial charge in [-0.1, -0.05) is 12.1 Å². The highest BCUT2D eigenvalue weighted by Gasteiger charge is 2.24. The predicted molar refractivity (Wildman–Crippen MR) is 91.9 cm³/mol. The monoisotopic (exact) mass is 312 g/mol. The van der Waals surface area contributed by atoms with Crippen LogP contribution in [0.15, 0.2) is 24.3 Å². The zero-order chi connectivity index (χ0) is 15.6. The number of ether oxygens (including phenoxy) is 1. The van der Waals surface area contributed by atoms with E-state index in [0.717, 1.165) is 61.9 Å². The summed E-state index contributed by atoms with van der Waals surface area (Å²) in [5.74, 6) is 1.04. The van der Waals surface area contributed by atoms with Gasteiger partial charge in [0.05, 0.1) is 22.8 Å². The molecule has 0 radical (unpaired) electrons. The van der Waals surface area contributed by atoms with Crippen LogP contribution in [0.3, 0.4) is 0 Å². The van der Waals surface area contributed by atoms with Crippen molar-refractivity contribution in [1.82, 2.24) is 14.9 Å². The van der Waals surface area contributed by atoms with Crippen molar-refractivity contribution in [1.29, 1.82) is 0 Å². The molecule has 122 valence electrons. The minimum atomic E-state index is 0.448. The van der Waals surface area contributed by atoms with Gasteiger partial charge in [0.25, 0.3) is 0 Å². The van der Waals surface area contributed by atoms with E-state index in [1.165, 1.54) is 12.8 Å². The molecule has 1 unspecified atom stereocenters. The smallest absolute Gasteiger partial charge is 0.150 e. The molecule has 5 nitrogen and oxygen atoms in total. The highest BCUT2D eigenvalue weighted by Crippen LogP contribution is 2.22. The van der Waals surface area contributed by atoms with Gasteiger partial charge in [-0.15, -0.1) is 0 Å². The summed E-state index contributed by atoms with van der Waals surface area (Å²) in [4.78, 5) is 14.5. The van der Waals surface area contributed by atoms with Crippen molar-refractivity contribution in [3.8, 4) is 0 Å². The predicted octanol–water partition coefficient (Wildman–Crippen LogP) is 2.24. The van der Waals surface area contributed by atoms with E-state index in [0.29, 0.717) is 6.10 Å². The molecule has 4 rings (SSSR count). The number of para-hydroxylation sites is 2. The molecule has 3 heterocycles. The number of hydrogen-bond donors (Lipinski definition) is 0. The number of aromatic nitrogens is 2. The lowest BCUT2D eigenvalue weighted by atomic mass is 10.2. The summed E-state index contributed by atoms with van der Waals surface area (Å²) in [7, 11) is 0. The molecule has 5 heteroatoms. The molecule has 1 atom stereocenters. The maximum atomic E-state index is 5.76. The lowest BCUT2D eigenvalue weighted by Crippen LogP contribution is -2.49. The summed E-state index contributed by atoms with van der Waals surface area (Å²) in [5, 5.41) is 0. The Bertz CT molecular complexity index is 676. The average molecular weight is 312 g/mol. The van der Waals surface area contributed by atoms with Crippen molar-refractivity contribution in [2.45, 2.75) is 25.9 Å². The molecule has 1 aromatic carbocycles. The van der Waals surface area contributed by atoms with Crippen molar-refractivity contribution in [3.63, 3.8) is 0 Å². The third-order valence-corrected chi connectivity index (χ3v) is 4.88. The first-order valence-corrected chi connectivity index (χ1v) is 8.62. The van der Waals surface area contributed by atoms with E-state index in [-0.39, 0.29) is 0 Å². The first kappa shape index (κ1) is 14.8. The van der Waals surface area contributed by atoms with Crippen LogP contribution in [0.5, 0.6) is 0 Å². The Balaban J connectivity index is 1.44. The summed E-state index contributed by atoms with van der Waals surface area (Å²) >= 11 is 0. The number of benzene rings is 1.